The molecule has 2 aliphatic rings. The predicted octanol–water partition coefficient (Wildman–Crippen LogP) is 3.08. The van der Waals surface area contributed by atoms with Crippen LogP contribution in [-0.2, 0) is 22.4 Å². The van der Waals surface area contributed by atoms with Crippen LogP contribution < -0.4 is 4.90 Å². The zero-order chi connectivity index (χ0) is 20.3. The van der Waals surface area contributed by atoms with E-state index in [9.17, 15) is 4.39 Å². The van der Waals surface area contributed by atoms with Gasteiger partial charge in [-0.1, -0.05) is 12.1 Å². The summed E-state index contributed by atoms with van der Waals surface area (Å²) in [6.45, 7) is 4.47. The summed E-state index contributed by atoms with van der Waals surface area (Å²) in [7, 11) is 0. The summed E-state index contributed by atoms with van der Waals surface area (Å²) in [6, 6.07) is 6.59. The van der Waals surface area contributed by atoms with Gasteiger partial charge in [-0.15, -0.1) is 21.5 Å². The molecule has 0 radical (unpaired) electrons. The molecule has 0 amide bonds. The lowest BCUT2D eigenvalue weighted by atomic mass is 10.1. The predicted molar refractivity (Wildman–Crippen MR) is 111 cm³/mol. The van der Waals surface area contributed by atoms with Gasteiger partial charge in [0, 0.05) is 43.6 Å². The standard InChI is InChI=1S/C21H24FN5O2S/c22-17-3-1-15(2-4-17)11-19-24-25-21(27(19)12-16-5-8-28-14-16)26-7-9-29-18(13-26)20-23-6-10-30-20/h1-4,6,10,16,18H,5,7-9,11-14H2/t16-,18-/m0/s1. The Kier molecular flexibility index (Phi) is 5.74. The van der Waals surface area contributed by atoms with E-state index in [4.69, 9.17) is 9.47 Å². The van der Waals surface area contributed by atoms with Crippen LogP contribution in [0.15, 0.2) is 35.8 Å². The molecular weight excluding hydrogens is 405 g/mol. The van der Waals surface area contributed by atoms with Gasteiger partial charge in [0.1, 0.15) is 22.8 Å². The summed E-state index contributed by atoms with van der Waals surface area (Å²) in [5.74, 6) is 1.97. The van der Waals surface area contributed by atoms with Gasteiger partial charge in [0.05, 0.1) is 19.8 Å². The Balaban J connectivity index is 1.41. The molecule has 2 saturated heterocycles. The average Bonchev–Trinajstić information content (AvgIpc) is 3.53. The van der Waals surface area contributed by atoms with E-state index in [1.165, 1.54) is 12.1 Å². The van der Waals surface area contributed by atoms with Crippen LogP contribution in [-0.4, -0.2) is 52.7 Å². The summed E-state index contributed by atoms with van der Waals surface area (Å²) >= 11 is 1.61. The molecule has 2 fully saturated rings. The number of aromatic nitrogens is 4. The van der Waals surface area contributed by atoms with Crippen LogP contribution in [0.25, 0.3) is 0 Å². The highest BCUT2D eigenvalue weighted by Crippen LogP contribution is 2.28. The number of hydrogen-bond donors (Lipinski definition) is 0. The van der Waals surface area contributed by atoms with Crippen molar-refractivity contribution in [1.29, 1.82) is 0 Å². The van der Waals surface area contributed by atoms with Crippen molar-refractivity contribution in [3.63, 3.8) is 0 Å². The van der Waals surface area contributed by atoms with Gasteiger partial charge < -0.3 is 14.4 Å². The number of nitrogens with zero attached hydrogens (tertiary/aromatic N) is 5. The first-order chi connectivity index (χ1) is 14.8. The lowest BCUT2D eigenvalue weighted by molar-refractivity contribution is 0.0387. The Morgan fingerprint density at radius 3 is 2.83 bits per heavy atom. The van der Waals surface area contributed by atoms with E-state index >= 15 is 0 Å². The second-order valence-electron chi connectivity index (χ2n) is 7.74. The van der Waals surface area contributed by atoms with Gasteiger partial charge in [-0.05, 0) is 24.1 Å². The molecule has 0 saturated carbocycles. The molecule has 0 bridgehead atoms. The molecular formula is C21H24FN5O2S. The first kappa shape index (κ1) is 19.6. The monoisotopic (exact) mass is 429 g/mol. The molecule has 4 heterocycles. The number of hydrogen-bond acceptors (Lipinski definition) is 7. The summed E-state index contributed by atoms with van der Waals surface area (Å²) in [6.07, 6.45) is 3.41. The lowest BCUT2D eigenvalue weighted by Crippen LogP contribution is -2.40. The number of rotatable bonds is 6. The van der Waals surface area contributed by atoms with Gasteiger partial charge in [-0.3, -0.25) is 4.57 Å². The fourth-order valence-corrected chi connectivity index (χ4v) is 4.70. The number of halogens is 1. The van der Waals surface area contributed by atoms with Gasteiger partial charge in [-0.2, -0.15) is 0 Å². The minimum absolute atomic E-state index is 0.0562. The van der Waals surface area contributed by atoms with Crippen molar-refractivity contribution in [1.82, 2.24) is 19.7 Å². The van der Waals surface area contributed by atoms with E-state index in [1.54, 1.807) is 23.5 Å². The van der Waals surface area contributed by atoms with Crippen LogP contribution in [0.1, 0.15) is 28.9 Å². The van der Waals surface area contributed by atoms with Gasteiger partial charge >= 0.3 is 0 Å². The van der Waals surface area contributed by atoms with Crippen LogP contribution in [0.4, 0.5) is 10.3 Å². The maximum absolute atomic E-state index is 13.3. The van der Waals surface area contributed by atoms with E-state index in [0.29, 0.717) is 25.5 Å². The molecule has 2 aliphatic heterocycles. The second kappa shape index (κ2) is 8.79. The quantitative estimate of drug-likeness (QED) is 0.600. The smallest absolute Gasteiger partial charge is 0.227 e. The van der Waals surface area contributed by atoms with Crippen LogP contribution in [0, 0.1) is 11.7 Å². The molecule has 0 spiro atoms. The number of anilines is 1. The zero-order valence-electron chi connectivity index (χ0n) is 16.6. The lowest BCUT2D eigenvalue weighted by Gasteiger charge is -2.33. The molecule has 30 heavy (non-hydrogen) atoms. The fraction of sp³-hybridized carbons (Fsp3) is 0.476. The summed E-state index contributed by atoms with van der Waals surface area (Å²) in [4.78, 5) is 6.66. The first-order valence-electron chi connectivity index (χ1n) is 10.3. The Morgan fingerprint density at radius 1 is 1.17 bits per heavy atom. The number of thiazole rings is 1. The Labute approximate surface area is 178 Å². The molecule has 1 aromatic carbocycles. The highest BCUT2D eigenvalue weighted by atomic mass is 32.1. The third-order valence-corrected chi connectivity index (χ3v) is 6.49. The number of benzene rings is 1. The molecule has 2 atom stereocenters. The van der Waals surface area contributed by atoms with E-state index < -0.39 is 0 Å². The summed E-state index contributed by atoms with van der Waals surface area (Å²) < 4.78 is 27.1. The average molecular weight is 430 g/mol. The van der Waals surface area contributed by atoms with Crippen molar-refractivity contribution in [3.8, 4) is 0 Å². The SMILES string of the molecule is Fc1ccc(Cc2nnc(N3CCO[C@H](c4nccs4)C3)n2C[C@@H]2CCOC2)cc1. The number of morpholine rings is 1. The third kappa shape index (κ3) is 4.23. The molecule has 2 aromatic heterocycles. The van der Waals surface area contributed by atoms with Crippen molar-refractivity contribution in [2.24, 2.45) is 5.92 Å². The Hall–Kier alpha value is -2.36. The summed E-state index contributed by atoms with van der Waals surface area (Å²) in [5.41, 5.74) is 1.02. The Morgan fingerprint density at radius 2 is 2.07 bits per heavy atom. The second-order valence-corrected chi connectivity index (χ2v) is 8.66. The molecule has 5 rings (SSSR count). The van der Waals surface area contributed by atoms with Crippen molar-refractivity contribution in [2.45, 2.75) is 25.5 Å². The van der Waals surface area contributed by atoms with Crippen LogP contribution in [0.5, 0.6) is 0 Å². The molecule has 0 N–H and O–H groups in total. The van der Waals surface area contributed by atoms with Crippen molar-refractivity contribution >= 4 is 17.3 Å². The van der Waals surface area contributed by atoms with Gasteiger partial charge in [-0.25, -0.2) is 9.37 Å². The molecule has 9 heteroatoms. The van der Waals surface area contributed by atoms with Crippen LogP contribution in [0.3, 0.4) is 0 Å². The van der Waals surface area contributed by atoms with Gasteiger partial charge in [0.15, 0.2) is 0 Å². The van der Waals surface area contributed by atoms with E-state index in [1.807, 2.05) is 11.6 Å². The van der Waals surface area contributed by atoms with Crippen molar-refractivity contribution in [3.05, 3.63) is 58.1 Å². The maximum Gasteiger partial charge on any atom is 0.227 e. The largest absolute Gasteiger partial charge is 0.381 e. The van der Waals surface area contributed by atoms with E-state index in [0.717, 1.165) is 55.1 Å². The van der Waals surface area contributed by atoms with E-state index in [-0.39, 0.29) is 11.9 Å². The van der Waals surface area contributed by atoms with E-state index in [2.05, 4.69) is 24.6 Å². The first-order valence-corrected chi connectivity index (χ1v) is 11.1. The highest BCUT2D eigenvalue weighted by Gasteiger charge is 2.29. The highest BCUT2D eigenvalue weighted by molar-refractivity contribution is 7.09. The molecule has 0 aliphatic carbocycles. The molecule has 3 aromatic rings. The van der Waals surface area contributed by atoms with Crippen molar-refractivity contribution in [2.75, 3.05) is 37.8 Å². The third-order valence-electron chi connectivity index (χ3n) is 5.62. The number of ether oxygens (including phenoxy) is 2. The maximum atomic E-state index is 13.3. The molecule has 0 unspecified atom stereocenters. The van der Waals surface area contributed by atoms with Crippen molar-refractivity contribution < 1.29 is 13.9 Å². The van der Waals surface area contributed by atoms with Gasteiger partial charge in [0.2, 0.25) is 5.95 Å². The Bertz CT molecular complexity index is 956. The van der Waals surface area contributed by atoms with Crippen LogP contribution in [0.2, 0.25) is 0 Å². The normalized spacial score (nSPS) is 22.0. The molecule has 158 valence electrons. The summed E-state index contributed by atoms with van der Waals surface area (Å²) in [5, 5.41) is 12.0. The minimum atomic E-state index is -0.231. The van der Waals surface area contributed by atoms with Crippen LogP contribution >= 0.6 is 11.3 Å². The minimum Gasteiger partial charge on any atom is -0.381 e. The zero-order valence-corrected chi connectivity index (χ0v) is 17.4. The fourth-order valence-electron chi connectivity index (χ4n) is 4.02. The molecule has 7 nitrogen and oxygen atoms in total. The van der Waals surface area contributed by atoms with Gasteiger partial charge in [0.25, 0.3) is 0 Å². The topological polar surface area (TPSA) is 65.3 Å².